The summed E-state index contributed by atoms with van der Waals surface area (Å²) in [5.41, 5.74) is 0.195. The van der Waals surface area contributed by atoms with Crippen molar-refractivity contribution < 1.29 is 23.9 Å². The smallest absolute Gasteiger partial charge is 0.488 e. The molecule has 0 bridgehead atoms. The van der Waals surface area contributed by atoms with Crippen molar-refractivity contribution in [3.05, 3.63) is 24.0 Å². The third kappa shape index (κ3) is 4.34. The molecule has 0 aliphatic carbocycles. The van der Waals surface area contributed by atoms with Gasteiger partial charge in [-0.25, -0.2) is 4.39 Å². The summed E-state index contributed by atoms with van der Waals surface area (Å²) in [6.45, 7) is 2.31. The van der Waals surface area contributed by atoms with E-state index in [0.29, 0.717) is 13.0 Å². The second-order valence-corrected chi connectivity index (χ2v) is 3.77. The zero-order valence-corrected chi connectivity index (χ0v) is 9.89. The maximum Gasteiger partial charge on any atom is 0.488 e. The Labute approximate surface area is 100 Å². The summed E-state index contributed by atoms with van der Waals surface area (Å²) in [5, 5.41) is 17.9. The maximum absolute atomic E-state index is 13.4. The Kier molecular flexibility index (Phi) is 5.41. The highest BCUT2D eigenvalue weighted by Crippen LogP contribution is 2.17. The number of rotatable bonds is 6. The molecule has 1 unspecified atom stereocenters. The van der Waals surface area contributed by atoms with Crippen LogP contribution in [0.15, 0.2) is 18.2 Å². The van der Waals surface area contributed by atoms with Gasteiger partial charge in [-0.15, -0.1) is 0 Å². The standard InChI is InChI=1S/C11H16BFO4/c1-8(5-6-16-2)17-11-7-9(12(14)15)3-4-10(11)13/h3-4,7-8,14-15H,5-6H2,1-2H3. The molecule has 0 saturated heterocycles. The second-order valence-electron chi connectivity index (χ2n) is 3.77. The zero-order valence-electron chi connectivity index (χ0n) is 9.89. The van der Waals surface area contributed by atoms with Gasteiger partial charge in [-0.05, 0) is 24.5 Å². The van der Waals surface area contributed by atoms with Crippen molar-refractivity contribution >= 4 is 12.6 Å². The van der Waals surface area contributed by atoms with Crippen molar-refractivity contribution in [3.8, 4) is 5.75 Å². The summed E-state index contributed by atoms with van der Waals surface area (Å²) in [7, 11) is -0.0528. The van der Waals surface area contributed by atoms with Crippen LogP contribution in [0.4, 0.5) is 4.39 Å². The van der Waals surface area contributed by atoms with E-state index in [-0.39, 0.29) is 17.3 Å². The van der Waals surface area contributed by atoms with E-state index in [1.165, 1.54) is 12.1 Å². The van der Waals surface area contributed by atoms with Gasteiger partial charge < -0.3 is 19.5 Å². The molecule has 94 valence electrons. The van der Waals surface area contributed by atoms with Gasteiger partial charge in [-0.3, -0.25) is 0 Å². The summed E-state index contributed by atoms with van der Waals surface area (Å²) in [4.78, 5) is 0. The lowest BCUT2D eigenvalue weighted by molar-refractivity contribution is 0.132. The maximum atomic E-state index is 13.4. The Morgan fingerprint density at radius 3 is 2.71 bits per heavy atom. The molecule has 0 aliphatic rings. The first kappa shape index (κ1) is 14.0. The van der Waals surface area contributed by atoms with Gasteiger partial charge in [-0.2, -0.15) is 0 Å². The summed E-state index contributed by atoms with van der Waals surface area (Å²) in [6, 6.07) is 3.73. The van der Waals surface area contributed by atoms with Gasteiger partial charge in [0.1, 0.15) is 0 Å². The highest BCUT2D eigenvalue weighted by Gasteiger charge is 2.15. The van der Waals surface area contributed by atoms with Crippen LogP contribution in [-0.4, -0.2) is 37.0 Å². The molecule has 0 heterocycles. The lowest BCUT2D eigenvalue weighted by Gasteiger charge is -2.15. The van der Waals surface area contributed by atoms with E-state index in [2.05, 4.69) is 0 Å². The van der Waals surface area contributed by atoms with Crippen molar-refractivity contribution in [2.45, 2.75) is 19.4 Å². The highest BCUT2D eigenvalue weighted by molar-refractivity contribution is 6.58. The van der Waals surface area contributed by atoms with E-state index in [1.54, 1.807) is 14.0 Å². The Morgan fingerprint density at radius 1 is 1.41 bits per heavy atom. The van der Waals surface area contributed by atoms with Crippen LogP contribution < -0.4 is 10.2 Å². The first-order chi connectivity index (χ1) is 8.04. The normalized spacial score (nSPS) is 12.3. The van der Waals surface area contributed by atoms with E-state index in [0.717, 1.165) is 6.07 Å². The average molecular weight is 242 g/mol. The molecule has 0 fully saturated rings. The van der Waals surface area contributed by atoms with Crippen LogP contribution in [-0.2, 0) is 4.74 Å². The Bertz CT molecular complexity index is 359. The Balaban J connectivity index is 2.72. The molecule has 1 aromatic rings. The lowest BCUT2D eigenvalue weighted by Crippen LogP contribution is -2.30. The lowest BCUT2D eigenvalue weighted by atomic mass is 9.80. The monoisotopic (exact) mass is 242 g/mol. The molecule has 2 N–H and O–H groups in total. The summed E-state index contributed by atoms with van der Waals surface area (Å²) < 4.78 is 23.6. The first-order valence-corrected chi connectivity index (χ1v) is 5.35. The number of methoxy groups -OCH3 is 1. The van der Waals surface area contributed by atoms with Crippen LogP contribution in [0.25, 0.3) is 0 Å². The van der Waals surface area contributed by atoms with Gasteiger partial charge in [0.15, 0.2) is 11.6 Å². The fourth-order valence-electron chi connectivity index (χ4n) is 1.33. The molecule has 1 atom stereocenters. The predicted molar refractivity (Wildman–Crippen MR) is 62.8 cm³/mol. The van der Waals surface area contributed by atoms with Gasteiger partial charge >= 0.3 is 7.12 Å². The summed E-state index contributed by atoms with van der Waals surface area (Å²) in [6.07, 6.45) is 0.414. The van der Waals surface area contributed by atoms with Crippen molar-refractivity contribution in [3.63, 3.8) is 0 Å². The molecular formula is C11H16BFO4. The molecule has 0 saturated carbocycles. The number of hydrogen-bond donors (Lipinski definition) is 2. The van der Waals surface area contributed by atoms with Crippen LogP contribution in [0.1, 0.15) is 13.3 Å². The number of hydrogen-bond acceptors (Lipinski definition) is 4. The van der Waals surface area contributed by atoms with E-state index < -0.39 is 12.9 Å². The van der Waals surface area contributed by atoms with E-state index in [9.17, 15) is 4.39 Å². The van der Waals surface area contributed by atoms with Crippen molar-refractivity contribution in [1.29, 1.82) is 0 Å². The topological polar surface area (TPSA) is 58.9 Å². The molecule has 17 heavy (non-hydrogen) atoms. The van der Waals surface area contributed by atoms with Gasteiger partial charge in [0.05, 0.1) is 6.10 Å². The van der Waals surface area contributed by atoms with Crippen molar-refractivity contribution in [2.75, 3.05) is 13.7 Å². The molecule has 0 aliphatic heterocycles. The SMILES string of the molecule is COCCC(C)Oc1cc(B(O)O)ccc1F. The molecular weight excluding hydrogens is 226 g/mol. The van der Waals surface area contributed by atoms with E-state index in [4.69, 9.17) is 19.5 Å². The van der Waals surface area contributed by atoms with Crippen molar-refractivity contribution in [1.82, 2.24) is 0 Å². The quantitative estimate of drug-likeness (QED) is 0.705. The van der Waals surface area contributed by atoms with E-state index in [1.807, 2.05) is 0 Å². The van der Waals surface area contributed by atoms with Gasteiger partial charge in [0, 0.05) is 20.1 Å². The molecule has 1 rings (SSSR count). The van der Waals surface area contributed by atoms with Crippen molar-refractivity contribution in [2.24, 2.45) is 0 Å². The fourth-order valence-corrected chi connectivity index (χ4v) is 1.33. The molecule has 0 aromatic heterocycles. The Hall–Kier alpha value is -1.11. The van der Waals surface area contributed by atoms with Crippen LogP contribution in [0.3, 0.4) is 0 Å². The van der Waals surface area contributed by atoms with Crippen LogP contribution >= 0.6 is 0 Å². The predicted octanol–water partition coefficient (Wildman–Crippen LogP) is 0.309. The zero-order chi connectivity index (χ0) is 12.8. The van der Waals surface area contributed by atoms with E-state index >= 15 is 0 Å². The molecule has 0 radical (unpaired) electrons. The Morgan fingerprint density at radius 2 is 2.12 bits per heavy atom. The van der Waals surface area contributed by atoms with Crippen LogP contribution in [0.5, 0.6) is 5.75 Å². The average Bonchev–Trinajstić information content (AvgIpc) is 2.29. The van der Waals surface area contributed by atoms with Gasteiger partial charge in [0.2, 0.25) is 0 Å². The summed E-state index contributed by atoms with van der Waals surface area (Å²) >= 11 is 0. The first-order valence-electron chi connectivity index (χ1n) is 5.35. The minimum absolute atomic E-state index is 0.0132. The van der Waals surface area contributed by atoms with Gasteiger partial charge in [-0.1, -0.05) is 6.07 Å². The molecule has 4 nitrogen and oxygen atoms in total. The fraction of sp³-hybridized carbons (Fsp3) is 0.455. The molecule has 0 spiro atoms. The third-order valence-corrected chi connectivity index (χ3v) is 2.31. The van der Waals surface area contributed by atoms with Crippen LogP contribution in [0.2, 0.25) is 0 Å². The number of halogens is 1. The minimum Gasteiger partial charge on any atom is -0.488 e. The summed E-state index contributed by atoms with van der Waals surface area (Å²) in [5.74, 6) is -0.516. The van der Waals surface area contributed by atoms with Crippen LogP contribution in [0, 0.1) is 5.82 Å². The highest BCUT2D eigenvalue weighted by atomic mass is 19.1. The largest absolute Gasteiger partial charge is 0.488 e. The number of ether oxygens (including phenoxy) is 2. The van der Waals surface area contributed by atoms with Gasteiger partial charge in [0.25, 0.3) is 0 Å². The second kappa shape index (κ2) is 6.59. The third-order valence-electron chi connectivity index (χ3n) is 2.31. The molecule has 6 heteroatoms. The number of benzene rings is 1. The molecule has 1 aromatic carbocycles. The minimum atomic E-state index is -1.63. The molecule has 0 amide bonds.